The Labute approximate surface area is 127 Å². The van der Waals surface area contributed by atoms with Crippen molar-refractivity contribution in [3.05, 3.63) is 24.0 Å². The van der Waals surface area contributed by atoms with Crippen LogP contribution in [0.5, 0.6) is 0 Å². The minimum absolute atomic E-state index is 0.0240. The summed E-state index contributed by atoms with van der Waals surface area (Å²) in [4.78, 5) is 16.6. The predicted octanol–water partition coefficient (Wildman–Crippen LogP) is 3.60. The molecule has 116 valence electrons. The van der Waals surface area contributed by atoms with Crippen molar-refractivity contribution in [2.24, 2.45) is 5.92 Å². The van der Waals surface area contributed by atoms with Crippen LogP contribution in [0.15, 0.2) is 18.5 Å². The van der Waals surface area contributed by atoms with Crippen LogP contribution in [0.1, 0.15) is 62.7 Å². The Morgan fingerprint density at radius 3 is 2.71 bits per heavy atom. The molecule has 2 rings (SSSR count). The second-order valence-corrected chi connectivity index (χ2v) is 5.95. The molecule has 1 aliphatic carbocycles. The highest BCUT2D eigenvalue weighted by atomic mass is 16.1. The van der Waals surface area contributed by atoms with Crippen molar-refractivity contribution in [3.63, 3.8) is 0 Å². The van der Waals surface area contributed by atoms with Gasteiger partial charge in [0.05, 0.1) is 17.4 Å². The molecule has 0 aliphatic heterocycles. The monoisotopic (exact) mass is 289 g/mol. The van der Waals surface area contributed by atoms with Crippen molar-refractivity contribution in [2.75, 3.05) is 11.9 Å². The Bertz CT molecular complexity index is 453. The lowest BCUT2D eigenvalue weighted by Crippen LogP contribution is -2.37. The number of carbonyl (C=O) groups excluding carboxylic acids is 1. The van der Waals surface area contributed by atoms with Crippen LogP contribution in [0, 0.1) is 5.92 Å². The lowest BCUT2D eigenvalue weighted by atomic mass is 9.84. The summed E-state index contributed by atoms with van der Waals surface area (Å²) in [5, 5.41) is 6.46. The van der Waals surface area contributed by atoms with E-state index in [2.05, 4.69) is 29.5 Å². The van der Waals surface area contributed by atoms with Crippen LogP contribution in [0.2, 0.25) is 0 Å². The van der Waals surface area contributed by atoms with Crippen LogP contribution in [0.4, 0.5) is 5.69 Å². The van der Waals surface area contributed by atoms with Crippen LogP contribution in [-0.2, 0) is 0 Å². The molecule has 1 aliphatic rings. The summed E-state index contributed by atoms with van der Waals surface area (Å²) >= 11 is 0. The highest BCUT2D eigenvalue weighted by molar-refractivity contribution is 5.99. The smallest absolute Gasteiger partial charge is 0.253 e. The zero-order valence-electron chi connectivity index (χ0n) is 13.2. The first kappa shape index (κ1) is 15.8. The molecule has 21 heavy (non-hydrogen) atoms. The third-order valence-electron chi connectivity index (χ3n) is 4.39. The van der Waals surface area contributed by atoms with Gasteiger partial charge in [-0.25, -0.2) is 0 Å². The molecule has 0 bridgehead atoms. The average molecular weight is 289 g/mol. The van der Waals surface area contributed by atoms with Crippen molar-refractivity contribution in [2.45, 2.75) is 58.4 Å². The molecule has 1 heterocycles. The molecule has 4 heteroatoms. The SMILES string of the molecule is CCCNc1cnccc1C(=O)NC1CCC(CC)CC1. The maximum Gasteiger partial charge on any atom is 0.253 e. The topological polar surface area (TPSA) is 54.0 Å². The van der Waals surface area contributed by atoms with Crippen LogP contribution in [0.3, 0.4) is 0 Å². The molecule has 1 saturated carbocycles. The molecule has 0 aromatic carbocycles. The minimum Gasteiger partial charge on any atom is -0.383 e. The number of nitrogens with one attached hydrogen (secondary N) is 2. The number of hydrogen-bond donors (Lipinski definition) is 2. The molecule has 0 atom stereocenters. The van der Waals surface area contributed by atoms with E-state index < -0.39 is 0 Å². The van der Waals surface area contributed by atoms with Gasteiger partial charge in [0.25, 0.3) is 5.91 Å². The van der Waals surface area contributed by atoms with E-state index in [4.69, 9.17) is 0 Å². The number of carbonyl (C=O) groups is 1. The molecule has 1 fully saturated rings. The second-order valence-electron chi connectivity index (χ2n) is 5.95. The van der Waals surface area contributed by atoms with Gasteiger partial charge in [-0.05, 0) is 44.1 Å². The fourth-order valence-electron chi connectivity index (χ4n) is 2.97. The van der Waals surface area contributed by atoms with Gasteiger partial charge in [0.1, 0.15) is 0 Å². The molecule has 0 radical (unpaired) electrons. The van der Waals surface area contributed by atoms with Crippen molar-refractivity contribution in [1.29, 1.82) is 0 Å². The summed E-state index contributed by atoms with van der Waals surface area (Å²) < 4.78 is 0. The number of pyridine rings is 1. The van der Waals surface area contributed by atoms with Gasteiger partial charge >= 0.3 is 0 Å². The van der Waals surface area contributed by atoms with Gasteiger partial charge in [0.2, 0.25) is 0 Å². The summed E-state index contributed by atoms with van der Waals surface area (Å²) in [5.41, 5.74) is 1.54. The predicted molar refractivity (Wildman–Crippen MR) is 86.5 cm³/mol. The minimum atomic E-state index is 0.0240. The normalized spacial score (nSPS) is 21.8. The van der Waals surface area contributed by atoms with Crippen molar-refractivity contribution in [1.82, 2.24) is 10.3 Å². The molecule has 1 amide bonds. The molecule has 0 unspecified atom stereocenters. The lowest BCUT2D eigenvalue weighted by molar-refractivity contribution is 0.0922. The Morgan fingerprint density at radius 2 is 2.05 bits per heavy atom. The van der Waals surface area contributed by atoms with E-state index in [0.29, 0.717) is 11.6 Å². The van der Waals surface area contributed by atoms with Gasteiger partial charge in [0, 0.05) is 18.8 Å². The summed E-state index contributed by atoms with van der Waals surface area (Å²) in [6, 6.07) is 2.12. The first-order chi connectivity index (χ1) is 10.2. The number of aromatic nitrogens is 1. The van der Waals surface area contributed by atoms with Gasteiger partial charge in [-0.1, -0.05) is 20.3 Å². The summed E-state index contributed by atoms with van der Waals surface area (Å²) in [6.45, 7) is 5.22. The third kappa shape index (κ3) is 4.45. The summed E-state index contributed by atoms with van der Waals surface area (Å²) in [5.74, 6) is 0.872. The largest absolute Gasteiger partial charge is 0.383 e. The van der Waals surface area contributed by atoms with Crippen molar-refractivity contribution in [3.8, 4) is 0 Å². The van der Waals surface area contributed by atoms with Crippen LogP contribution in [-0.4, -0.2) is 23.5 Å². The standard InChI is InChI=1S/C17H27N3O/c1-3-10-19-16-12-18-11-9-15(16)17(21)20-14-7-5-13(4-2)6-8-14/h9,11-14,19H,3-8,10H2,1-2H3,(H,20,21). The molecule has 1 aromatic rings. The van der Waals surface area contributed by atoms with E-state index in [-0.39, 0.29) is 5.91 Å². The van der Waals surface area contributed by atoms with Gasteiger partial charge in [-0.3, -0.25) is 9.78 Å². The molecule has 1 aromatic heterocycles. The van der Waals surface area contributed by atoms with Gasteiger partial charge in [-0.2, -0.15) is 0 Å². The van der Waals surface area contributed by atoms with Crippen molar-refractivity contribution < 1.29 is 4.79 Å². The van der Waals surface area contributed by atoms with E-state index in [1.165, 1.54) is 19.3 Å². The zero-order valence-corrected chi connectivity index (χ0v) is 13.2. The molecular formula is C17H27N3O. The Kier molecular flexibility index (Phi) is 6.03. The molecule has 2 N–H and O–H groups in total. The fourth-order valence-corrected chi connectivity index (χ4v) is 2.97. The first-order valence-corrected chi connectivity index (χ1v) is 8.23. The second kappa shape index (κ2) is 8.01. The van der Waals surface area contributed by atoms with Crippen molar-refractivity contribution >= 4 is 11.6 Å². The van der Waals surface area contributed by atoms with E-state index in [0.717, 1.165) is 37.4 Å². The number of hydrogen-bond acceptors (Lipinski definition) is 3. The van der Waals surface area contributed by atoms with Crippen LogP contribution in [0.25, 0.3) is 0 Å². The van der Waals surface area contributed by atoms with Gasteiger partial charge in [-0.15, -0.1) is 0 Å². The van der Waals surface area contributed by atoms with E-state index in [1.54, 1.807) is 18.5 Å². The number of amides is 1. The quantitative estimate of drug-likeness (QED) is 0.841. The van der Waals surface area contributed by atoms with Crippen LogP contribution >= 0.6 is 0 Å². The maximum absolute atomic E-state index is 12.5. The van der Waals surface area contributed by atoms with E-state index >= 15 is 0 Å². The van der Waals surface area contributed by atoms with Crippen LogP contribution < -0.4 is 10.6 Å². The molecule has 0 spiro atoms. The summed E-state index contributed by atoms with van der Waals surface area (Å²) in [7, 11) is 0. The highest BCUT2D eigenvalue weighted by Crippen LogP contribution is 2.26. The number of nitrogens with zero attached hydrogens (tertiary/aromatic N) is 1. The molecule has 4 nitrogen and oxygen atoms in total. The lowest BCUT2D eigenvalue weighted by Gasteiger charge is -2.28. The number of rotatable bonds is 6. The summed E-state index contributed by atoms with van der Waals surface area (Å²) in [6.07, 6.45) is 10.4. The zero-order chi connectivity index (χ0) is 15.1. The number of anilines is 1. The van der Waals surface area contributed by atoms with Gasteiger partial charge in [0.15, 0.2) is 0 Å². The maximum atomic E-state index is 12.5. The third-order valence-corrected chi connectivity index (χ3v) is 4.39. The van der Waals surface area contributed by atoms with E-state index in [1.807, 2.05) is 0 Å². The Balaban J connectivity index is 1.94. The highest BCUT2D eigenvalue weighted by Gasteiger charge is 2.22. The van der Waals surface area contributed by atoms with E-state index in [9.17, 15) is 4.79 Å². The fraction of sp³-hybridized carbons (Fsp3) is 0.647. The molecule has 0 saturated heterocycles. The Hall–Kier alpha value is -1.58. The van der Waals surface area contributed by atoms with Gasteiger partial charge < -0.3 is 10.6 Å². The first-order valence-electron chi connectivity index (χ1n) is 8.23. The molecular weight excluding hydrogens is 262 g/mol. The Morgan fingerprint density at radius 1 is 1.29 bits per heavy atom. The average Bonchev–Trinajstić information content (AvgIpc) is 2.54.